The summed E-state index contributed by atoms with van der Waals surface area (Å²) < 4.78 is 1.83. The largest absolute Gasteiger partial charge is 0.289 e. The van der Waals surface area contributed by atoms with Crippen LogP contribution in [-0.4, -0.2) is 26.1 Å². The first-order valence-electron chi connectivity index (χ1n) is 8.71. The first kappa shape index (κ1) is 17.8. The Morgan fingerprint density at radius 2 is 1.73 bits per heavy atom. The molecule has 0 unspecified atom stereocenters. The Balaban J connectivity index is 1.52. The van der Waals surface area contributed by atoms with E-state index in [4.69, 9.17) is 5.21 Å². The van der Waals surface area contributed by atoms with Crippen molar-refractivity contribution in [3.63, 3.8) is 0 Å². The lowest BCUT2D eigenvalue weighted by Gasteiger charge is -2.04. The summed E-state index contributed by atoms with van der Waals surface area (Å²) in [6.45, 7) is 0.676. The summed E-state index contributed by atoms with van der Waals surface area (Å²) >= 11 is 0. The number of aromatic nitrogens is 3. The molecule has 0 fully saturated rings. The fourth-order valence-corrected chi connectivity index (χ4v) is 2.80. The minimum atomic E-state index is -0.354. The summed E-state index contributed by atoms with van der Waals surface area (Å²) in [5.41, 5.74) is 6.12. The molecule has 0 spiro atoms. The van der Waals surface area contributed by atoms with E-state index in [1.165, 1.54) is 16.7 Å². The van der Waals surface area contributed by atoms with Crippen molar-refractivity contribution in [1.82, 2.24) is 20.5 Å². The van der Waals surface area contributed by atoms with Crippen molar-refractivity contribution in [3.8, 4) is 11.1 Å². The molecule has 0 saturated heterocycles. The predicted molar refractivity (Wildman–Crippen MR) is 98.5 cm³/mol. The molecular weight excluding hydrogens is 328 g/mol. The monoisotopic (exact) mass is 350 g/mol. The molecule has 6 nitrogen and oxygen atoms in total. The third-order valence-corrected chi connectivity index (χ3v) is 4.20. The first-order valence-corrected chi connectivity index (χ1v) is 8.71. The lowest BCUT2D eigenvalue weighted by atomic mass is 10.0. The van der Waals surface area contributed by atoms with Crippen molar-refractivity contribution in [3.05, 3.63) is 72.1 Å². The molecule has 134 valence electrons. The second-order valence-electron chi connectivity index (χ2n) is 6.21. The van der Waals surface area contributed by atoms with Crippen molar-refractivity contribution >= 4 is 5.91 Å². The SMILES string of the molecule is O=C(CCCCc1cn(Cc2ccc(-c3ccccc3)cc2)nn1)NO. The highest BCUT2D eigenvalue weighted by Crippen LogP contribution is 2.19. The maximum atomic E-state index is 11.0. The van der Waals surface area contributed by atoms with Gasteiger partial charge < -0.3 is 0 Å². The van der Waals surface area contributed by atoms with Crippen LogP contribution in [0.25, 0.3) is 11.1 Å². The number of carbonyl (C=O) groups excluding carboxylic acids is 1. The third kappa shape index (κ3) is 5.00. The molecule has 6 heteroatoms. The fourth-order valence-electron chi connectivity index (χ4n) is 2.80. The van der Waals surface area contributed by atoms with Gasteiger partial charge in [-0.15, -0.1) is 5.10 Å². The van der Waals surface area contributed by atoms with Crippen LogP contribution < -0.4 is 5.48 Å². The minimum absolute atomic E-state index is 0.318. The molecule has 0 atom stereocenters. The molecule has 0 bridgehead atoms. The van der Waals surface area contributed by atoms with Crippen LogP contribution in [0.5, 0.6) is 0 Å². The number of rotatable bonds is 8. The lowest BCUT2D eigenvalue weighted by Crippen LogP contribution is -2.17. The van der Waals surface area contributed by atoms with E-state index in [1.807, 2.05) is 29.1 Å². The highest BCUT2D eigenvalue weighted by molar-refractivity contribution is 5.74. The highest BCUT2D eigenvalue weighted by Gasteiger charge is 2.04. The summed E-state index contributed by atoms with van der Waals surface area (Å²) in [5.74, 6) is -0.354. The van der Waals surface area contributed by atoms with Gasteiger partial charge >= 0.3 is 0 Å². The Kier molecular flexibility index (Phi) is 6.11. The molecule has 0 radical (unpaired) electrons. The van der Waals surface area contributed by atoms with Gasteiger partial charge in [-0.25, -0.2) is 10.2 Å². The van der Waals surface area contributed by atoms with Gasteiger partial charge in [0.15, 0.2) is 0 Å². The Bertz CT molecular complexity index is 829. The van der Waals surface area contributed by atoms with Crippen molar-refractivity contribution in [1.29, 1.82) is 0 Å². The van der Waals surface area contributed by atoms with E-state index in [0.29, 0.717) is 19.4 Å². The van der Waals surface area contributed by atoms with Gasteiger partial charge in [0.25, 0.3) is 0 Å². The molecule has 26 heavy (non-hydrogen) atoms. The number of hydrogen-bond acceptors (Lipinski definition) is 4. The average molecular weight is 350 g/mol. The number of nitrogens with zero attached hydrogens (tertiary/aromatic N) is 3. The Hall–Kier alpha value is -2.99. The van der Waals surface area contributed by atoms with Crippen LogP contribution in [0, 0.1) is 0 Å². The molecule has 0 aliphatic heterocycles. The number of hydroxylamine groups is 1. The van der Waals surface area contributed by atoms with Crippen molar-refractivity contribution in [2.75, 3.05) is 0 Å². The molecule has 0 aliphatic carbocycles. The predicted octanol–water partition coefficient (Wildman–Crippen LogP) is 3.21. The molecule has 2 aromatic carbocycles. The second kappa shape index (κ2) is 8.92. The number of nitrogens with one attached hydrogen (secondary N) is 1. The molecule has 1 heterocycles. The molecule has 3 rings (SSSR count). The zero-order valence-corrected chi connectivity index (χ0v) is 14.5. The zero-order valence-electron chi connectivity index (χ0n) is 14.5. The summed E-state index contributed by atoms with van der Waals surface area (Å²) in [7, 11) is 0. The summed E-state index contributed by atoms with van der Waals surface area (Å²) in [6, 6.07) is 18.7. The van der Waals surface area contributed by atoms with E-state index in [9.17, 15) is 4.79 Å². The van der Waals surface area contributed by atoms with Gasteiger partial charge in [-0.1, -0.05) is 59.8 Å². The quantitative estimate of drug-likeness (QED) is 0.371. The van der Waals surface area contributed by atoms with E-state index < -0.39 is 0 Å². The van der Waals surface area contributed by atoms with Crippen LogP contribution >= 0.6 is 0 Å². The number of carbonyl (C=O) groups is 1. The van der Waals surface area contributed by atoms with Crippen LogP contribution in [0.15, 0.2) is 60.8 Å². The topological polar surface area (TPSA) is 80.0 Å². The highest BCUT2D eigenvalue weighted by atomic mass is 16.5. The molecule has 3 aromatic rings. The normalized spacial score (nSPS) is 10.7. The molecule has 0 saturated carbocycles. The van der Waals surface area contributed by atoms with Crippen LogP contribution in [0.1, 0.15) is 30.5 Å². The Labute approximate surface area is 152 Å². The van der Waals surface area contributed by atoms with Crippen molar-refractivity contribution < 1.29 is 10.0 Å². The Morgan fingerprint density at radius 1 is 1.00 bits per heavy atom. The number of unbranched alkanes of at least 4 members (excludes halogenated alkanes) is 1. The van der Waals surface area contributed by atoms with Crippen molar-refractivity contribution in [2.45, 2.75) is 32.2 Å². The van der Waals surface area contributed by atoms with Crippen LogP contribution in [-0.2, 0) is 17.8 Å². The summed E-state index contributed by atoms with van der Waals surface area (Å²) in [6.07, 6.45) is 4.57. The molecule has 1 aromatic heterocycles. The van der Waals surface area contributed by atoms with Gasteiger partial charge in [0.1, 0.15) is 0 Å². The minimum Gasteiger partial charge on any atom is -0.289 e. The van der Waals surface area contributed by atoms with Gasteiger partial charge in [0.05, 0.1) is 12.2 Å². The molecule has 2 N–H and O–H groups in total. The fraction of sp³-hybridized carbons (Fsp3) is 0.250. The molecular formula is C20H22N4O2. The summed E-state index contributed by atoms with van der Waals surface area (Å²) in [4.78, 5) is 11.0. The number of amides is 1. The summed E-state index contributed by atoms with van der Waals surface area (Å²) in [5, 5.41) is 16.8. The van der Waals surface area contributed by atoms with Crippen LogP contribution in [0.2, 0.25) is 0 Å². The van der Waals surface area contributed by atoms with E-state index >= 15 is 0 Å². The van der Waals surface area contributed by atoms with E-state index in [-0.39, 0.29) is 5.91 Å². The van der Waals surface area contributed by atoms with Crippen LogP contribution in [0.3, 0.4) is 0 Å². The second-order valence-corrected chi connectivity index (χ2v) is 6.21. The van der Waals surface area contributed by atoms with Crippen LogP contribution in [0.4, 0.5) is 0 Å². The number of aryl methyl sites for hydroxylation is 1. The zero-order chi connectivity index (χ0) is 18.2. The molecule has 0 aliphatic rings. The smallest absolute Gasteiger partial charge is 0.243 e. The van der Waals surface area contributed by atoms with E-state index in [1.54, 1.807) is 5.48 Å². The maximum absolute atomic E-state index is 11.0. The molecule has 1 amide bonds. The van der Waals surface area contributed by atoms with E-state index in [0.717, 1.165) is 18.5 Å². The van der Waals surface area contributed by atoms with Gasteiger partial charge in [-0.3, -0.25) is 10.0 Å². The number of hydrogen-bond donors (Lipinski definition) is 2. The van der Waals surface area contributed by atoms with Gasteiger partial charge in [-0.05, 0) is 36.0 Å². The maximum Gasteiger partial charge on any atom is 0.243 e. The van der Waals surface area contributed by atoms with Gasteiger partial charge in [-0.2, -0.15) is 0 Å². The van der Waals surface area contributed by atoms with E-state index in [2.05, 4.69) is 46.7 Å². The van der Waals surface area contributed by atoms with Crippen molar-refractivity contribution in [2.24, 2.45) is 0 Å². The lowest BCUT2D eigenvalue weighted by molar-refractivity contribution is -0.129. The van der Waals surface area contributed by atoms with Gasteiger partial charge in [0.2, 0.25) is 5.91 Å². The average Bonchev–Trinajstić information content (AvgIpc) is 3.13. The number of benzene rings is 2. The third-order valence-electron chi connectivity index (χ3n) is 4.20. The standard InChI is InChI=1S/C20H22N4O2/c25-20(22-26)9-5-4-8-19-15-24(23-21-19)14-16-10-12-18(13-11-16)17-6-2-1-3-7-17/h1-3,6-7,10-13,15,26H,4-5,8-9,14H2,(H,22,25). The first-order chi connectivity index (χ1) is 12.7. The van der Waals surface area contributed by atoms with Gasteiger partial charge in [0, 0.05) is 12.6 Å². The Morgan fingerprint density at radius 3 is 2.46 bits per heavy atom.